The molecule has 0 aromatic rings. The first-order chi connectivity index (χ1) is 10.4. The van der Waals surface area contributed by atoms with Crippen LogP contribution in [-0.4, -0.2) is 38.1 Å². The van der Waals surface area contributed by atoms with Crippen molar-refractivity contribution >= 4 is 10.1 Å². The molecule has 0 saturated carbocycles. The van der Waals surface area contributed by atoms with Crippen LogP contribution in [0.25, 0.3) is 0 Å². The van der Waals surface area contributed by atoms with Crippen molar-refractivity contribution in [1.29, 1.82) is 0 Å². The van der Waals surface area contributed by atoms with E-state index in [0.29, 0.717) is 19.4 Å². The van der Waals surface area contributed by atoms with E-state index >= 15 is 0 Å². The Kier molecular flexibility index (Phi) is 18.2. The summed E-state index contributed by atoms with van der Waals surface area (Å²) in [6.45, 7) is 3.69. The van der Waals surface area contributed by atoms with Crippen molar-refractivity contribution in [3.8, 4) is 0 Å². The fourth-order valence-corrected chi connectivity index (χ4v) is 2.46. The van der Waals surface area contributed by atoms with E-state index in [1.807, 2.05) is 0 Å². The Labute approximate surface area is 133 Å². The number of unbranched alkanes of at least 4 members (excludes halogenated alkanes) is 7. The second-order valence-electron chi connectivity index (χ2n) is 5.18. The summed E-state index contributed by atoms with van der Waals surface area (Å²) in [5.74, 6) is -0.795. The summed E-state index contributed by atoms with van der Waals surface area (Å²) < 4.78 is 54.0. The molecular formula is C15H31F2NO3S. The van der Waals surface area contributed by atoms with Gasteiger partial charge in [0.05, 0.1) is 6.67 Å². The monoisotopic (exact) mass is 343 g/mol. The topological polar surface area (TPSA) is 80.4 Å². The van der Waals surface area contributed by atoms with E-state index in [9.17, 15) is 17.2 Å². The molecule has 1 atom stereocenters. The maximum absolute atomic E-state index is 13.0. The SMILES string of the molecule is C=CCN.O=S(=O)(O)CC(F)CCCCCCCCCCF. The Hall–Kier alpha value is -0.530. The molecule has 0 fully saturated rings. The largest absolute Gasteiger partial charge is 0.327 e. The quantitative estimate of drug-likeness (QED) is 0.303. The van der Waals surface area contributed by atoms with Crippen LogP contribution in [0.3, 0.4) is 0 Å². The van der Waals surface area contributed by atoms with Gasteiger partial charge in [-0.25, -0.2) is 4.39 Å². The number of halogens is 2. The van der Waals surface area contributed by atoms with Crippen LogP contribution in [0.1, 0.15) is 57.8 Å². The maximum Gasteiger partial charge on any atom is 0.267 e. The number of rotatable bonds is 13. The minimum Gasteiger partial charge on any atom is -0.327 e. The summed E-state index contributed by atoms with van der Waals surface area (Å²) in [4.78, 5) is 0. The summed E-state index contributed by atoms with van der Waals surface area (Å²) in [6.07, 6.45) is 7.61. The van der Waals surface area contributed by atoms with Crippen LogP contribution in [0.15, 0.2) is 12.7 Å². The van der Waals surface area contributed by atoms with Gasteiger partial charge in [0.2, 0.25) is 0 Å². The van der Waals surface area contributed by atoms with Crippen LogP contribution in [0.5, 0.6) is 0 Å². The highest BCUT2D eigenvalue weighted by molar-refractivity contribution is 7.85. The van der Waals surface area contributed by atoms with E-state index in [1.165, 1.54) is 0 Å². The molecule has 22 heavy (non-hydrogen) atoms. The van der Waals surface area contributed by atoms with E-state index in [-0.39, 0.29) is 13.1 Å². The van der Waals surface area contributed by atoms with Gasteiger partial charge >= 0.3 is 0 Å². The summed E-state index contributed by atoms with van der Waals surface area (Å²) in [6, 6.07) is 0. The highest BCUT2D eigenvalue weighted by Crippen LogP contribution is 2.12. The molecule has 134 valence electrons. The average molecular weight is 343 g/mol. The molecule has 0 aromatic carbocycles. The van der Waals surface area contributed by atoms with Crippen LogP contribution in [0.4, 0.5) is 8.78 Å². The third kappa shape index (κ3) is 24.5. The second-order valence-corrected chi connectivity index (χ2v) is 6.67. The van der Waals surface area contributed by atoms with Gasteiger partial charge in [0.15, 0.2) is 0 Å². The average Bonchev–Trinajstić information content (AvgIpc) is 2.44. The first-order valence-corrected chi connectivity index (χ1v) is 9.44. The summed E-state index contributed by atoms with van der Waals surface area (Å²) >= 11 is 0. The molecule has 0 aromatic heterocycles. The van der Waals surface area contributed by atoms with Crippen LogP contribution in [-0.2, 0) is 10.1 Å². The van der Waals surface area contributed by atoms with Gasteiger partial charge in [0.25, 0.3) is 10.1 Å². The molecule has 0 spiro atoms. The van der Waals surface area contributed by atoms with E-state index in [0.717, 1.165) is 38.5 Å². The second kappa shape index (κ2) is 16.8. The zero-order valence-electron chi connectivity index (χ0n) is 13.4. The van der Waals surface area contributed by atoms with Crippen molar-refractivity contribution in [2.45, 2.75) is 64.0 Å². The Morgan fingerprint density at radius 3 is 1.82 bits per heavy atom. The molecule has 0 bridgehead atoms. The van der Waals surface area contributed by atoms with Gasteiger partial charge in [-0.15, -0.1) is 6.58 Å². The number of hydrogen-bond acceptors (Lipinski definition) is 3. The van der Waals surface area contributed by atoms with Gasteiger partial charge in [0, 0.05) is 6.54 Å². The molecule has 0 aliphatic heterocycles. The van der Waals surface area contributed by atoms with E-state index in [4.69, 9.17) is 10.3 Å². The van der Waals surface area contributed by atoms with Crippen LogP contribution in [0, 0.1) is 0 Å². The Balaban J connectivity index is 0. The summed E-state index contributed by atoms with van der Waals surface area (Å²) in [5.41, 5.74) is 4.91. The smallest absolute Gasteiger partial charge is 0.267 e. The van der Waals surface area contributed by atoms with Gasteiger partial charge < -0.3 is 5.73 Å². The first kappa shape index (κ1) is 23.7. The molecule has 0 amide bonds. The fourth-order valence-electron chi connectivity index (χ4n) is 1.83. The van der Waals surface area contributed by atoms with Crippen LogP contribution < -0.4 is 5.73 Å². The number of hydrogen-bond donors (Lipinski definition) is 2. The summed E-state index contributed by atoms with van der Waals surface area (Å²) in [7, 11) is -4.19. The zero-order valence-corrected chi connectivity index (χ0v) is 14.2. The third-order valence-corrected chi connectivity index (χ3v) is 3.74. The highest BCUT2D eigenvalue weighted by Gasteiger charge is 2.15. The molecule has 3 N–H and O–H groups in total. The fraction of sp³-hybridized carbons (Fsp3) is 0.867. The van der Waals surface area contributed by atoms with Crippen LogP contribution >= 0.6 is 0 Å². The molecule has 7 heteroatoms. The number of nitrogens with two attached hydrogens (primary N) is 1. The van der Waals surface area contributed by atoms with E-state index in [1.54, 1.807) is 6.08 Å². The molecule has 1 unspecified atom stereocenters. The standard InChI is InChI=1S/C12H24F2O3S.C3H7N/c13-10-8-6-4-2-1-3-5-7-9-12(14)11-18(15,16)17;1-2-3-4/h12H,1-11H2,(H,15,16,17);2H,1,3-4H2. The minimum atomic E-state index is -4.19. The van der Waals surface area contributed by atoms with Crippen molar-refractivity contribution in [2.75, 3.05) is 19.0 Å². The van der Waals surface area contributed by atoms with E-state index < -0.39 is 22.0 Å². The first-order valence-electron chi connectivity index (χ1n) is 7.83. The Morgan fingerprint density at radius 2 is 1.45 bits per heavy atom. The van der Waals surface area contributed by atoms with E-state index in [2.05, 4.69) is 6.58 Å². The van der Waals surface area contributed by atoms with Crippen LogP contribution in [0.2, 0.25) is 0 Å². The zero-order chi connectivity index (χ0) is 17.3. The van der Waals surface area contributed by atoms with Gasteiger partial charge in [-0.05, 0) is 12.8 Å². The summed E-state index contributed by atoms with van der Waals surface area (Å²) in [5, 5.41) is 0. The lowest BCUT2D eigenvalue weighted by atomic mass is 10.1. The Morgan fingerprint density at radius 1 is 1.05 bits per heavy atom. The van der Waals surface area contributed by atoms with Gasteiger partial charge in [-0.3, -0.25) is 8.94 Å². The Bertz CT molecular complexity index is 338. The maximum atomic E-state index is 13.0. The van der Waals surface area contributed by atoms with Crippen molar-refractivity contribution in [3.05, 3.63) is 12.7 Å². The third-order valence-electron chi connectivity index (χ3n) is 2.96. The molecule has 0 heterocycles. The lowest BCUT2D eigenvalue weighted by Gasteiger charge is -2.05. The molecule has 0 aliphatic carbocycles. The van der Waals surface area contributed by atoms with Gasteiger partial charge in [-0.1, -0.05) is 51.0 Å². The van der Waals surface area contributed by atoms with Crippen molar-refractivity contribution in [3.63, 3.8) is 0 Å². The van der Waals surface area contributed by atoms with Gasteiger partial charge in [-0.2, -0.15) is 8.42 Å². The van der Waals surface area contributed by atoms with Gasteiger partial charge in [0.1, 0.15) is 11.9 Å². The molecule has 0 rings (SSSR count). The van der Waals surface area contributed by atoms with Crippen molar-refractivity contribution in [2.24, 2.45) is 5.73 Å². The minimum absolute atomic E-state index is 0.182. The molecular weight excluding hydrogens is 312 g/mol. The molecule has 4 nitrogen and oxygen atoms in total. The molecule has 0 radical (unpaired) electrons. The predicted molar refractivity (Wildman–Crippen MR) is 88.1 cm³/mol. The molecule has 0 aliphatic rings. The highest BCUT2D eigenvalue weighted by atomic mass is 32.2. The lowest BCUT2D eigenvalue weighted by molar-refractivity contribution is 0.324. The lowest BCUT2D eigenvalue weighted by Crippen LogP contribution is -2.16. The molecule has 0 saturated heterocycles. The normalized spacial score (nSPS) is 12.4. The van der Waals surface area contributed by atoms with Crippen molar-refractivity contribution < 1.29 is 21.8 Å². The number of alkyl halides is 2. The van der Waals surface area contributed by atoms with Crippen molar-refractivity contribution in [1.82, 2.24) is 0 Å². The predicted octanol–water partition coefficient (Wildman–Crippen LogP) is 3.82.